The fourth-order valence-corrected chi connectivity index (χ4v) is 2.24. The third-order valence-electron chi connectivity index (χ3n) is 2.71. The zero-order chi connectivity index (χ0) is 14.4. The summed E-state index contributed by atoms with van der Waals surface area (Å²) >= 11 is 9.12. The highest BCUT2D eigenvalue weighted by atomic mass is 79.9. The summed E-state index contributed by atoms with van der Waals surface area (Å²) in [6.45, 7) is 0.358. The van der Waals surface area contributed by atoms with Crippen LogP contribution in [-0.4, -0.2) is 17.6 Å². The number of benzene rings is 1. The van der Waals surface area contributed by atoms with E-state index in [1.165, 1.54) is 11.8 Å². The summed E-state index contributed by atoms with van der Waals surface area (Å²) in [6, 6.07) is 11.7. The van der Waals surface area contributed by atoms with Gasteiger partial charge in [-0.3, -0.25) is 0 Å². The predicted molar refractivity (Wildman–Crippen MR) is 82.0 cm³/mol. The molecule has 1 heterocycles. The third kappa shape index (κ3) is 4.32. The molecule has 3 nitrogen and oxygen atoms in total. The molecule has 2 aromatic rings. The van der Waals surface area contributed by atoms with E-state index in [-0.39, 0.29) is 10.7 Å². The maximum atomic E-state index is 11.9. The van der Waals surface area contributed by atoms with E-state index in [9.17, 15) is 4.79 Å². The summed E-state index contributed by atoms with van der Waals surface area (Å²) < 4.78 is 5.89. The molecule has 0 aliphatic carbocycles. The molecule has 0 fully saturated rings. The maximum Gasteiger partial charge on any atom is 0.341 e. The molecule has 0 N–H and O–H groups in total. The Morgan fingerprint density at radius 3 is 2.80 bits per heavy atom. The van der Waals surface area contributed by atoms with Crippen LogP contribution < -0.4 is 0 Å². The van der Waals surface area contributed by atoms with Crippen LogP contribution in [0, 0.1) is 0 Å². The van der Waals surface area contributed by atoms with Crippen LogP contribution in [0.3, 0.4) is 0 Å². The second-order valence-corrected chi connectivity index (χ2v) is 5.49. The van der Waals surface area contributed by atoms with E-state index < -0.39 is 5.97 Å². The summed E-state index contributed by atoms with van der Waals surface area (Å²) in [5.74, 6) is -0.447. The van der Waals surface area contributed by atoms with Crippen molar-refractivity contribution in [2.45, 2.75) is 12.8 Å². The lowest BCUT2D eigenvalue weighted by Crippen LogP contribution is -2.08. The van der Waals surface area contributed by atoms with Crippen LogP contribution >= 0.6 is 27.5 Å². The number of esters is 1. The number of rotatable bonds is 5. The van der Waals surface area contributed by atoms with E-state index in [0.29, 0.717) is 11.1 Å². The lowest BCUT2D eigenvalue weighted by Gasteiger charge is -2.06. The summed E-state index contributed by atoms with van der Waals surface area (Å²) in [5.41, 5.74) is 1.51. The largest absolute Gasteiger partial charge is 0.462 e. The number of pyridine rings is 1. The molecule has 0 saturated heterocycles. The van der Waals surface area contributed by atoms with Gasteiger partial charge < -0.3 is 4.74 Å². The SMILES string of the molecule is O=C(OCCCc1ccccc1)c1cc(Br)cnc1Cl. The van der Waals surface area contributed by atoms with E-state index in [2.05, 4.69) is 33.0 Å². The van der Waals surface area contributed by atoms with Crippen molar-refractivity contribution in [2.75, 3.05) is 6.61 Å². The number of ether oxygens (including phenoxy) is 1. The van der Waals surface area contributed by atoms with Gasteiger partial charge in [0.25, 0.3) is 0 Å². The normalized spacial score (nSPS) is 10.3. The van der Waals surface area contributed by atoms with Crippen molar-refractivity contribution in [3.63, 3.8) is 0 Å². The molecule has 104 valence electrons. The molecule has 1 aromatic heterocycles. The second-order valence-electron chi connectivity index (χ2n) is 4.22. The fraction of sp³-hybridized carbons (Fsp3) is 0.200. The first-order chi connectivity index (χ1) is 9.66. The highest BCUT2D eigenvalue weighted by molar-refractivity contribution is 9.10. The van der Waals surface area contributed by atoms with E-state index in [1.54, 1.807) is 6.07 Å². The molecular formula is C15H13BrClNO2. The molecule has 2 rings (SSSR count). The van der Waals surface area contributed by atoms with Crippen LogP contribution in [-0.2, 0) is 11.2 Å². The van der Waals surface area contributed by atoms with E-state index in [4.69, 9.17) is 16.3 Å². The Bertz CT molecular complexity index is 590. The Labute approximate surface area is 131 Å². The van der Waals surface area contributed by atoms with Gasteiger partial charge in [-0.2, -0.15) is 0 Å². The molecule has 0 spiro atoms. The van der Waals surface area contributed by atoms with Gasteiger partial charge in [-0.1, -0.05) is 41.9 Å². The third-order valence-corrected chi connectivity index (χ3v) is 3.45. The standard InChI is InChI=1S/C15H13BrClNO2/c16-12-9-13(14(17)18-10-12)15(19)20-8-4-7-11-5-2-1-3-6-11/h1-3,5-6,9-10H,4,7-8H2. The number of carbonyl (C=O) groups is 1. The zero-order valence-corrected chi connectivity index (χ0v) is 13.0. The summed E-state index contributed by atoms with van der Waals surface area (Å²) in [7, 11) is 0. The van der Waals surface area contributed by atoms with Crippen molar-refractivity contribution in [1.82, 2.24) is 4.98 Å². The number of carbonyl (C=O) groups excluding carboxylic acids is 1. The molecule has 0 unspecified atom stereocenters. The van der Waals surface area contributed by atoms with Gasteiger partial charge in [-0.05, 0) is 40.4 Å². The topological polar surface area (TPSA) is 39.2 Å². The highest BCUT2D eigenvalue weighted by Crippen LogP contribution is 2.19. The van der Waals surface area contributed by atoms with Crippen molar-refractivity contribution in [1.29, 1.82) is 0 Å². The number of hydrogen-bond donors (Lipinski definition) is 0. The second kappa shape index (κ2) is 7.41. The minimum absolute atomic E-state index is 0.154. The van der Waals surface area contributed by atoms with Gasteiger partial charge in [-0.25, -0.2) is 9.78 Å². The minimum Gasteiger partial charge on any atom is -0.462 e. The van der Waals surface area contributed by atoms with Crippen LogP contribution in [0.1, 0.15) is 22.3 Å². The molecule has 1 aromatic carbocycles. The maximum absolute atomic E-state index is 11.9. The van der Waals surface area contributed by atoms with E-state index >= 15 is 0 Å². The Morgan fingerprint density at radius 2 is 2.05 bits per heavy atom. The Balaban J connectivity index is 1.82. The number of aromatic nitrogens is 1. The van der Waals surface area contributed by atoms with Gasteiger partial charge in [0.1, 0.15) is 5.15 Å². The van der Waals surface area contributed by atoms with Crippen molar-refractivity contribution in [3.8, 4) is 0 Å². The fourth-order valence-electron chi connectivity index (χ4n) is 1.73. The molecular weight excluding hydrogens is 342 g/mol. The Hall–Kier alpha value is -1.39. The van der Waals surface area contributed by atoms with Crippen LogP contribution in [0.4, 0.5) is 0 Å². The average molecular weight is 355 g/mol. The molecule has 0 aliphatic rings. The van der Waals surface area contributed by atoms with Gasteiger partial charge in [0.05, 0.1) is 12.2 Å². The van der Waals surface area contributed by atoms with Crippen LogP contribution in [0.25, 0.3) is 0 Å². The lowest BCUT2D eigenvalue weighted by atomic mass is 10.1. The van der Waals surface area contributed by atoms with E-state index in [1.807, 2.05) is 18.2 Å². The molecule has 0 atom stereocenters. The average Bonchev–Trinajstić information content (AvgIpc) is 2.47. The van der Waals surface area contributed by atoms with Crippen LogP contribution in [0.2, 0.25) is 5.15 Å². The summed E-state index contributed by atoms with van der Waals surface area (Å²) in [5, 5.41) is 0.154. The van der Waals surface area contributed by atoms with E-state index in [0.717, 1.165) is 12.8 Å². The first-order valence-corrected chi connectivity index (χ1v) is 7.36. The van der Waals surface area contributed by atoms with Crippen molar-refractivity contribution >= 4 is 33.5 Å². The minimum atomic E-state index is -0.447. The number of halogens is 2. The molecule has 0 bridgehead atoms. The molecule has 5 heteroatoms. The first kappa shape index (κ1) is 15.0. The van der Waals surface area contributed by atoms with Gasteiger partial charge >= 0.3 is 5.97 Å². The number of hydrogen-bond acceptors (Lipinski definition) is 3. The molecule has 0 radical (unpaired) electrons. The quantitative estimate of drug-likeness (QED) is 0.457. The van der Waals surface area contributed by atoms with Gasteiger partial charge in [0.2, 0.25) is 0 Å². The van der Waals surface area contributed by atoms with Crippen LogP contribution in [0.15, 0.2) is 47.1 Å². The molecule has 20 heavy (non-hydrogen) atoms. The predicted octanol–water partition coefficient (Wildman–Crippen LogP) is 4.29. The van der Waals surface area contributed by atoms with Crippen LogP contribution in [0.5, 0.6) is 0 Å². The van der Waals surface area contributed by atoms with Gasteiger partial charge in [0.15, 0.2) is 0 Å². The smallest absolute Gasteiger partial charge is 0.341 e. The molecule has 0 saturated carbocycles. The van der Waals surface area contributed by atoms with Crippen molar-refractivity contribution in [2.24, 2.45) is 0 Å². The van der Waals surface area contributed by atoms with Gasteiger partial charge in [0, 0.05) is 10.7 Å². The Morgan fingerprint density at radius 1 is 1.30 bits per heavy atom. The molecule has 0 amide bonds. The zero-order valence-electron chi connectivity index (χ0n) is 10.7. The Kier molecular flexibility index (Phi) is 5.56. The lowest BCUT2D eigenvalue weighted by molar-refractivity contribution is 0.0500. The summed E-state index contributed by atoms with van der Waals surface area (Å²) in [4.78, 5) is 15.8. The summed E-state index contributed by atoms with van der Waals surface area (Å²) in [6.07, 6.45) is 3.18. The van der Waals surface area contributed by atoms with Crippen molar-refractivity contribution in [3.05, 3.63) is 63.3 Å². The highest BCUT2D eigenvalue weighted by Gasteiger charge is 2.13. The first-order valence-electron chi connectivity index (χ1n) is 6.19. The monoisotopic (exact) mass is 353 g/mol. The van der Waals surface area contributed by atoms with Crippen molar-refractivity contribution < 1.29 is 9.53 Å². The number of nitrogens with zero attached hydrogens (tertiary/aromatic N) is 1. The van der Waals surface area contributed by atoms with Gasteiger partial charge in [-0.15, -0.1) is 0 Å². The number of aryl methyl sites for hydroxylation is 1. The molecule has 0 aliphatic heterocycles.